The summed E-state index contributed by atoms with van der Waals surface area (Å²) in [5, 5.41) is 13.3. The Labute approximate surface area is 137 Å². The summed E-state index contributed by atoms with van der Waals surface area (Å²) in [6, 6.07) is 10.3. The molecule has 1 amide bonds. The molecule has 2 aromatic rings. The maximum atomic E-state index is 11.9. The number of benzene rings is 2. The third kappa shape index (κ3) is 4.07. The Morgan fingerprint density at radius 2 is 2.00 bits per heavy atom. The number of nitrogens with zero attached hydrogens (tertiary/aromatic N) is 1. The molecule has 8 heteroatoms. The third-order valence-corrected chi connectivity index (χ3v) is 3.06. The summed E-state index contributed by atoms with van der Waals surface area (Å²) in [4.78, 5) is 33.0. The number of nitro benzene ring substituents is 1. The summed E-state index contributed by atoms with van der Waals surface area (Å²) in [7, 11) is 1.41. The molecule has 0 aliphatic rings. The SMILES string of the molecule is COc1cc(C=O)ccc1OCC(=O)Nc1ccccc1[N+](=O)[O-]. The summed E-state index contributed by atoms with van der Waals surface area (Å²) in [6.45, 7) is -0.372. The second-order valence-corrected chi connectivity index (χ2v) is 4.64. The Morgan fingerprint density at radius 3 is 2.67 bits per heavy atom. The monoisotopic (exact) mass is 330 g/mol. The highest BCUT2D eigenvalue weighted by Gasteiger charge is 2.15. The number of nitro groups is 1. The van der Waals surface area contributed by atoms with Crippen LogP contribution in [0.25, 0.3) is 0 Å². The van der Waals surface area contributed by atoms with E-state index in [2.05, 4.69) is 5.32 Å². The highest BCUT2D eigenvalue weighted by atomic mass is 16.6. The molecule has 0 aliphatic carbocycles. The second-order valence-electron chi connectivity index (χ2n) is 4.64. The van der Waals surface area contributed by atoms with Crippen LogP contribution in [-0.4, -0.2) is 30.8 Å². The van der Waals surface area contributed by atoms with Crippen molar-refractivity contribution in [2.75, 3.05) is 19.0 Å². The van der Waals surface area contributed by atoms with Crippen LogP contribution in [-0.2, 0) is 4.79 Å². The Kier molecular flexibility index (Phi) is 5.45. The van der Waals surface area contributed by atoms with Crippen LogP contribution >= 0.6 is 0 Å². The van der Waals surface area contributed by atoms with Crippen molar-refractivity contribution in [1.82, 2.24) is 0 Å². The van der Waals surface area contributed by atoms with Crippen molar-refractivity contribution in [2.24, 2.45) is 0 Å². The van der Waals surface area contributed by atoms with Crippen molar-refractivity contribution in [1.29, 1.82) is 0 Å². The molecule has 124 valence electrons. The number of aldehydes is 1. The van der Waals surface area contributed by atoms with Crippen LogP contribution in [0.2, 0.25) is 0 Å². The van der Waals surface area contributed by atoms with Gasteiger partial charge >= 0.3 is 0 Å². The summed E-state index contributed by atoms with van der Waals surface area (Å²) < 4.78 is 10.4. The standard InChI is InChI=1S/C16H14N2O6/c1-23-15-8-11(9-19)6-7-14(15)24-10-16(20)17-12-4-2-3-5-13(12)18(21)22/h2-9H,10H2,1H3,(H,17,20). The first-order chi connectivity index (χ1) is 11.5. The first kappa shape index (κ1) is 16.9. The van der Waals surface area contributed by atoms with Gasteiger partial charge < -0.3 is 14.8 Å². The second kappa shape index (κ2) is 7.73. The molecule has 24 heavy (non-hydrogen) atoms. The van der Waals surface area contributed by atoms with Crippen LogP contribution < -0.4 is 14.8 Å². The van der Waals surface area contributed by atoms with Crippen molar-refractivity contribution < 1.29 is 24.0 Å². The third-order valence-electron chi connectivity index (χ3n) is 3.06. The van der Waals surface area contributed by atoms with Gasteiger partial charge in [-0.25, -0.2) is 0 Å². The molecular weight excluding hydrogens is 316 g/mol. The fourth-order valence-corrected chi connectivity index (χ4v) is 1.94. The lowest BCUT2D eigenvalue weighted by Crippen LogP contribution is -2.20. The minimum Gasteiger partial charge on any atom is -0.493 e. The van der Waals surface area contributed by atoms with Crippen molar-refractivity contribution in [3.05, 3.63) is 58.1 Å². The number of amides is 1. The van der Waals surface area contributed by atoms with Gasteiger partial charge in [0.05, 0.1) is 12.0 Å². The molecule has 0 spiro atoms. The number of hydrogen-bond acceptors (Lipinski definition) is 6. The largest absolute Gasteiger partial charge is 0.493 e. The number of carbonyl (C=O) groups excluding carboxylic acids is 2. The van der Waals surface area contributed by atoms with Crippen LogP contribution in [0.15, 0.2) is 42.5 Å². The zero-order chi connectivity index (χ0) is 17.5. The number of para-hydroxylation sites is 2. The Balaban J connectivity index is 2.04. The Hall–Kier alpha value is -3.42. The molecule has 0 unspecified atom stereocenters. The van der Waals surface area contributed by atoms with Crippen LogP contribution in [0.5, 0.6) is 11.5 Å². The molecule has 0 bridgehead atoms. The number of anilines is 1. The normalized spacial score (nSPS) is 9.88. The van der Waals surface area contributed by atoms with Gasteiger partial charge in [-0.2, -0.15) is 0 Å². The fraction of sp³-hybridized carbons (Fsp3) is 0.125. The molecule has 0 aromatic heterocycles. The zero-order valence-corrected chi connectivity index (χ0v) is 12.7. The van der Waals surface area contributed by atoms with Gasteiger partial charge in [0, 0.05) is 11.6 Å². The number of methoxy groups -OCH3 is 1. The van der Waals surface area contributed by atoms with E-state index in [1.165, 1.54) is 43.5 Å². The van der Waals surface area contributed by atoms with E-state index < -0.39 is 10.8 Å². The average molecular weight is 330 g/mol. The minimum atomic E-state index is -0.586. The van der Waals surface area contributed by atoms with E-state index >= 15 is 0 Å². The van der Waals surface area contributed by atoms with Crippen molar-refractivity contribution in [3.63, 3.8) is 0 Å². The van der Waals surface area contributed by atoms with E-state index in [1.54, 1.807) is 6.07 Å². The lowest BCUT2D eigenvalue weighted by atomic mass is 10.2. The van der Waals surface area contributed by atoms with Crippen LogP contribution in [0.1, 0.15) is 10.4 Å². The van der Waals surface area contributed by atoms with E-state index in [9.17, 15) is 19.7 Å². The number of hydrogen-bond donors (Lipinski definition) is 1. The van der Waals surface area contributed by atoms with Gasteiger partial charge in [0.15, 0.2) is 18.1 Å². The molecule has 0 aliphatic heterocycles. The molecular formula is C16H14N2O6. The van der Waals surface area contributed by atoms with Gasteiger partial charge in [-0.15, -0.1) is 0 Å². The summed E-state index contributed by atoms with van der Waals surface area (Å²) in [5.41, 5.74) is 0.279. The van der Waals surface area contributed by atoms with E-state index in [4.69, 9.17) is 9.47 Å². The number of rotatable bonds is 7. The molecule has 8 nitrogen and oxygen atoms in total. The average Bonchev–Trinajstić information content (AvgIpc) is 2.60. The summed E-state index contributed by atoms with van der Waals surface area (Å²) in [6.07, 6.45) is 0.660. The van der Waals surface area contributed by atoms with Gasteiger partial charge in [0.2, 0.25) is 0 Å². The Morgan fingerprint density at radius 1 is 1.25 bits per heavy atom. The molecule has 0 saturated heterocycles. The number of nitrogens with one attached hydrogen (secondary N) is 1. The van der Waals surface area contributed by atoms with Crippen LogP contribution in [0, 0.1) is 10.1 Å². The highest BCUT2D eigenvalue weighted by Crippen LogP contribution is 2.28. The smallest absolute Gasteiger partial charge is 0.292 e. The molecule has 2 rings (SSSR count). The molecule has 0 radical (unpaired) electrons. The first-order valence-electron chi connectivity index (χ1n) is 6.84. The zero-order valence-electron chi connectivity index (χ0n) is 12.7. The molecule has 0 heterocycles. The minimum absolute atomic E-state index is 0.0827. The quantitative estimate of drug-likeness (QED) is 0.474. The van der Waals surface area contributed by atoms with Gasteiger partial charge in [-0.05, 0) is 24.3 Å². The molecule has 0 atom stereocenters. The van der Waals surface area contributed by atoms with Crippen molar-refractivity contribution >= 4 is 23.6 Å². The van der Waals surface area contributed by atoms with Gasteiger partial charge in [-0.1, -0.05) is 12.1 Å². The van der Waals surface area contributed by atoms with E-state index in [1.807, 2.05) is 0 Å². The maximum Gasteiger partial charge on any atom is 0.292 e. The van der Waals surface area contributed by atoms with Crippen molar-refractivity contribution in [3.8, 4) is 11.5 Å². The predicted octanol–water partition coefficient (Wildman–Crippen LogP) is 2.43. The van der Waals surface area contributed by atoms with Gasteiger partial charge in [0.1, 0.15) is 12.0 Å². The van der Waals surface area contributed by atoms with E-state index in [0.717, 1.165) is 0 Å². The lowest BCUT2D eigenvalue weighted by Gasteiger charge is -2.11. The van der Waals surface area contributed by atoms with Crippen molar-refractivity contribution in [2.45, 2.75) is 0 Å². The lowest BCUT2D eigenvalue weighted by molar-refractivity contribution is -0.383. The topological polar surface area (TPSA) is 108 Å². The van der Waals surface area contributed by atoms with E-state index in [0.29, 0.717) is 17.6 Å². The number of ether oxygens (including phenoxy) is 2. The molecule has 0 saturated carbocycles. The Bertz CT molecular complexity index is 775. The summed E-state index contributed by atoms with van der Waals surface area (Å²) in [5.74, 6) is 0.0183. The predicted molar refractivity (Wildman–Crippen MR) is 85.6 cm³/mol. The fourth-order valence-electron chi connectivity index (χ4n) is 1.94. The maximum absolute atomic E-state index is 11.9. The molecule has 2 aromatic carbocycles. The number of carbonyl (C=O) groups is 2. The van der Waals surface area contributed by atoms with Crippen LogP contribution in [0.4, 0.5) is 11.4 Å². The first-order valence-corrected chi connectivity index (χ1v) is 6.84. The van der Waals surface area contributed by atoms with Gasteiger partial charge in [-0.3, -0.25) is 19.7 Å². The van der Waals surface area contributed by atoms with E-state index in [-0.39, 0.29) is 23.7 Å². The van der Waals surface area contributed by atoms with Crippen LogP contribution in [0.3, 0.4) is 0 Å². The summed E-state index contributed by atoms with van der Waals surface area (Å²) >= 11 is 0. The molecule has 1 N–H and O–H groups in total. The van der Waals surface area contributed by atoms with Gasteiger partial charge in [0.25, 0.3) is 11.6 Å². The highest BCUT2D eigenvalue weighted by molar-refractivity contribution is 5.94. The molecule has 0 fully saturated rings.